The van der Waals surface area contributed by atoms with Crippen molar-refractivity contribution in [3.05, 3.63) is 22.7 Å². The molecule has 2 heterocycles. The van der Waals surface area contributed by atoms with Crippen molar-refractivity contribution >= 4 is 5.82 Å². The van der Waals surface area contributed by atoms with E-state index in [9.17, 15) is 9.90 Å². The number of anilines is 1. The molecule has 0 spiro atoms. The number of hydrogen-bond donors (Lipinski definition) is 2. The molecule has 0 unspecified atom stereocenters. The van der Waals surface area contributed by atoms with Crippen LogP contribution in [0.2, 0.25) is 0 Å². The average molecular weight is 255 g/mol. The van der Waals surface area contributed by atoms with Crippen molar-refractivity contribution in [3.8, 4) is 0 Å². The maximum Gasteiger partial charge on any atom is 0.351 e. The number of rotatable bonds is 4. The van der Waals surface area contributed by atoms with Gasteiger partial charge in [-0.05, 0) is 6.07 Å². The normalized spacial score (nSPS) is 27.6. The molecule has 3 N–H and O–H groups in total. The largest absolute Gasteiger partial charge is 0.396 e. The highest BCUT2D eigenvalue weighted by molar-refractivity contribution is 5.23. The zero-order valence-electron chi connectivity index (χ0n) is 10.2. The molecular weight excluding hydrogens is 238 g/mol. The number of nitrogens with zero attached hydrogens (tertiary/aromatic N) is 2. The summed E-state index contributed by atoms with van der Waals surface area (Å²) in [7, 11) is 1.57. The van der Waals surface area contributed by atoms with Crippen LogP contribution in [0.4, 0.5) is 5.82 Å². The lowest BCUT2D eigenvalue weighted by atomic mass is 10.0. The van der Waals surface area contributed by atoms with Crippen LogP contribution in [0.25, 0.3) is 0 Å². The highest BCUT2D eigenvalue weighted by atomic mass is 16.5. The molecule has 1 saturated heterocycles. The zero-order chi connectivity index (χ0) is 13.1. The first kappa shape index (κ1) is 13.0. The number of nitrogens with two attached hydrogens (primary N) is 1. The smallest absolute Gasteiger partial charge is 0.351 e. The molecule has 0 saturated carbocycles. The molecule has 0 aliphatic carbocycles. The Labute approximate surface area is 104 Å². The van der Waals surface area contributed by atoms with E-state index in [0.717, 1.165) is 0 Å². The third-order valence-electron chi connectivity index (χ3n) is 3.09. The Balaban J connectivity index is 2.18. The lowest BCUT2D eigenvalue weighted by Gasteiger charge is -2.16. The van der Waals surface area contributed by atoms with E-state index >= 15 is 0 Å². The van der Waals surface area contributed by atoms with E-state index in [1.807, 2.05) is 0 Å². The Morgan fingerprint density at radius 2 is 2.50 bits per heavy atom. The highest BCUT2D eigenvalue weighted by Crippen LogP contribution is 2.32. The van der Waals surface area contributed by atoms with Crippen LogP contribution in [0.5, 0.6) is 0 Å². The zero-order valence-corrected chi connectivity index (χ0v) is 10.2. The summed E-state index contributed by atoms with van der Waals surface area (Å²) in [5.41, 5.74) is 4.98. The third-order valence-corrected chi connectivity index (χ3v) is 3.09. The molecule has 1 aromatic heterocycles. The van der Waals surface area contributed by atoms with Gasteiger partial charge in [-0.2, -0.15) is 4.98 Å². The fraction of sp³-hybridized carbons (Fsp3) is 0.636. The van der Waals surface area contributed by atoms with Crippen LogP contribution in [-0.4, -0.2) is 41.1 Å². The molecule has 0 aromatic carbocycles. The second kappa shape index (κ2) is 5.47. The number of ether oxygens (including phenoxy) is 2. The van der Waals surface area contributed by atoms with E-state index in [-0.39, 0.29) is 24.4 Å². The van der Waals surface area contributed by atoms with Gasteiger partial charge in [0.2, 0.25) is 0 Å². The molecule has 18 heavy (non-hydrogen) atoms. The number of nitrogen functional groups attached to an aromatic ring is 1. The Morgan fingerprint density at radius 1 is 1.72 bits per heavy atom. The molecule has 3 atom stereocenters. The molecule has 1 fully saturated rings. The number of aliphatic hydroxyl groups is 1. The molecule has 7 heteroatoms. The van der Waals surface area contributed by atoms with E-state index in [2.05, 4.69) is 4.98 Å². The lowest BCUT2D eigenvalue weighted by molar-refractivity contribution is -0.0455. The minimum Gasteiger partial charge on any atom is -0.396 e. The van der Waals surface area contributed by atoms with Gasteiger partial charge in [-0.3, -0.25) is 4.57 Å². The van der Waals surface area contributed by atoms with E-state index in [1.165, 1.54) is 4.57 Å². The molecule has 1 aliphatic rings. The van der Waals surface area contributed by atoms with Gasteiger partial charge in [0.05, 0.1) is 12.7 Å². The minimum absolute atomic E-state index is 0.00166. The second-order valence-corrected chi connectivity index (χ2v) is 4.31. The fourth-order valence-electron chi connectivity index (χ4n) is 2.14. The third kappa shape index (κ3) is 2.53. The number of hydrogen-bond acceptors (Lipinski definition) is 6. The van der Waals surface area contributed by atoms with Gasteiger partial charge < -0.3 is 20.3 Å². The quantitative estimate of drug-likeness (QED) is 0.743. The predicted molar refractivity (Wildman–Crippen MR) is 63.9 cm³/mol. The van der Waals surface area contributed by atoms with Gasteiger partial charge in [0, 0.05) is 32.3 Å². The predicted octanol–water partition coefficient (Wildman–Crippen LogP) is -0.632. The molecular formula is C11H17N3O4. The summed E-state index contributed by atoms with van der Waals surface area (Å²) >= 11 is 0. The summed E-state index contributed by atoms with van der Waals surface area (Å²) in [6, 6.07) is 1.54. The van der Waals surface area contributed by atoms with Gasteiger partial charge in [-0.15, -0.1) is 0 Å². The lowest BCUT2D eigenvalue weighted by Crippen LogP contribution is -2.28. The summed E-state index contributed by atoms with van der Waals surface area (Å²) < 4.78 is 12.1. The molecule has 0 radical (unpaired) electrons. The van der Waals surface area contributed by atoms with Crippen LogP contribution >= 0.6 is 0 Å². The number of aliphatic hydroxyl groups excluding tert-OH is 1. The Morgan fingerprint density at radius 3 is 3.11 bits per heavy atom. The number of aromatic nitrogens is 2. The van der Waals surface area contributed by atoms with E-state index in [4.69, 9.17) is 15.2 Å². The van der Waals surface area contributed by atoms with Crippen molar-refractivity contribution in [3.63, 3.8) is 0 Å². The molecule has 0 bridgehead atoms. The summed E-state index contributed by atoms with van der Waals surface area (Å²) in [5.74, 6) is 0.140. The molecule has 0 amide bonds. The topological polar surface area (TPSA) is 99.6 Å². The van der Waals surface area contributed by atoms with Gasteiger partial charge in [0.1, 0.15) is 12.0 Å². The summed E-state index contributed by atoms with van der Waals surface area (Å²) in [6.07, 6.45) is 1.46. The van der Waals surface area contributed by atoms with Crippen molar-refractivity contribution in [2.45, 2.75) is 18.8 Å². The van der Waals surface area contributed by atoms with Crippen LogP contribution in [0.1, 0.15) is 12.6 Å². The first-order chi connectivity index (χ1) is 8.65. The van der Waals surface area contributed by atoms with Crippen molar-refractivity contribution in [1.29, 1.82) is 0 Å². The van der Waals surface area contributed by atoms with Gasteiger partial charge in [0.25, 0.3) is 0 Å². The SMILES string of the molecule is COC[C@H]1O[C@@H](n2ccc(N)nc2=O)C[C@@H]1CO. The Bertz CT molecular complexity index is 462. The first-order valence-electron chi connectivity index (χ1n) is 5.75. The van der Waals surface area contributed by atoms with Gasteiger partial charge in [-0.1, -0.05) is 0 Å². The van der Waals surface area contributed by atoms with Crippen LogP contribution in [0.15, 0.2) is 17.1 Å². The van der Waals surface area contributed by atoms with E-state index in [1.54, 1.807) is 19.4 Å². The average Bonchev–Trinajstić information content (AvgIpc) is 2.72. The first-order valence-corrected chi connectivity index (χ1v) is 5.75. The highest BCUT2D eigenvalue weighted by Gasteiger charge is 2.36. The fourth-order valence-corrected chi connectivity index (χ4v) is 2.14. The van der Waals surface area contributed by atoms with Crippen LogP contribution in [0.3, 0.4) is 0 Å². The summed E-state index contributed by atoms with van der Waals surface area (Å²) in [4.78, 5) is 15.3. The van der Waals surface area contributed by atoms with Crippen molar-refractivity contribution in [1.82, 2.24) is 9.55 Å². The Hall–Kier alpha value is -1.44. The van der Waals surface area contributed by atoms with Crippen molar-refractivity contribution in [2.75, 3.05) is 26.1 Å². The van der Waals surface area contributed by atoms with Gasteiger partial charge in [0.15, 0.2) is 0 Å². The maximum absolute atomic E-state index is 11.7. The van der Waals surface area contributed by atoms with Crippen molar-refractivity contribution in [2.24, 2.45) is 5.92 Å². The second-order valence-electron chi connectivity index (χ2n) is 4.31. The molecule has 2 rings (SSSR count). The summed E-state index contributed by atoms with van der Waals surface area (Å²) in [6.45, 7) is 0.389. The molecule has 7 nitrogen and oxygen atoms in total. The molecule has 100 valence electrons. The molecule has 1 aromatic rings. The van der Waals surface area contributed by atoms with Gasteiger partial charge >= 0.3 is 5.69 Å². The number of methoxy groups -OCH3 is 1. The van der Waals surface area contributed by atoms with Crippen LogP contribution < -0.4 is 11.4 Å². The van der Waals surface area contributed by atoms with Gasteiger partial charge in [-0.25, -0.2) is 4.79 Å². The van der Waals surface area contributed by atoms with Crippen molar-refractivity contribution < 1.29 is 14.6 Å². The summed E-state index contributed by atoms with van der Waals surface area (Å²) in [5, 5.41) is 9.28. The Kier molecular flexibility index (Phi) is 3.95. The van der Waals surface area contributed by atoms with Crippen LogP contribution in [0, 0.1) is 5.92 Å². The minimum atomic E-state index is -0.449. The van der Waals surface area contributed by atoms with Crippen LogP contribution in [-0.2, 0) is 9.47 Å². The standard InChI is InChI=1S/C11H17N3O4/c1-17-6-8-7(5-15)4-10(18-8)14-3-2-9(12)13-11(14)16/h2-3,7-8,10,15H,4-6H2,1H3,(H2,12,13,16)/t7-,8-,10-/m1/s1. The molecule has 1 aliphatic heterocycles. The maximum atomic E-state index is 11.7. The van der Waals surface area contributed by atoms with E-state index in [0.29, 0.717) is 13.0 Å². The van der Waals surface area contributed by atoms with E-state index < -0.39 is 11.9 Å². The monoisotopic (exact) mass is 255 g/mol.